The van der Waals surface area contributed by atoms with Crippen molar-refractivity contribution in [3.63, 3.8) is 0 Å². The Morgan fingerprint density at radius 2 is 0.981 bits per heavy atom. The van der Waals surface area contributed by atoms with Gasteiger partial charge in [-0.3, -0.25) is 33.6 Å². The second-order valence-corrected chi connectivity index (χ2v) is 15.5. The minimum absolute atomic E-state index is 0.0325. The van der Waals surface area contributed by atoms with E-state index in [1.54, 1.807) is 20.1 Å². The molecule has 304 valence electrons. The molecule has 0 aromatic rings. The van der Waals surface area contributed by atoms with Crippen molar-refractivity contribution in [2.24, 2.45) is 17.6 Å². The van der Waals surface area contributed by atoms with Crippen molar-refractivity contribution in [2.75, 3.05) is 24.0 Å². The van der Waals surface area contributed by atoms with E-state index in [1.165, 1.54) is 30.4 Å². The zero-order chi connectivity index (χ0) is 41.0. The summed E-state index contributed by atoms with van der Waals surface area (Å²) in [5.41, 5.74) is 5.93. The van der Waals surface area contributed by atoms with Crippen LogP contribution < -0.4 is 37.6 Å². The van der Waals surface area contributed by atoms with E-state index in [1.807, 2.05) is 25.4 Å². The summed E-state index contributed by atoms with van der Waals surface area (Å²) in [6.45, 7) is 9.98. The van der Waals surface area contributed by atoms with E-state index < -0.39 is 102 Å². The summed E-state index contributed by atoms with van der Waals surface area (Å²) in [5.74, 6) is -6.97. The monoisotopic (exact) mass is 793 g/mol. The molecule has 0 aliphatic carbocycles. The fourth-order valence-corrected chi connectivity index (χ4v) is 5.80. The van der Waals surface area contributed by atoms with Gasteiger partial charge in [-0.1, -0.05) is 27.7 Å². The third-order valence-electron chi connectivity index (χ3n) is 7.70. The van der Waals surface area contributed by atoms with Gasteiger partial charge in [-0.2, -0.15) is 23.5 Å². The maximum atomic E-state index is 13.7. The largest absolute Gasteiger partial charge is 0.481 e. The Bertz CT molecular complexity index is 1260. The molecule has 8 atom stereocenters. The fraction of sp³-hybridized carbons (Fsp3) is 0.758. The summed E-state index contributed by atoms with van der Waals surface area (Å²) in [5, 5.41) is 43.2. The first-order chi connectivity index (χ1) is 24.6. The summed E-state index contributed by atoms with van der Waals surface area (Å²) in [7, 11) is 0. The highest BCUT2D eigenvalue weighted by Gasteiger charge is 2.34. The van der Waals surface area contributed by atoms with E-state index >= 15 is 0 Å². The number of nitrogens with one attached hydrogen (secondary N) is 6. The molecule has 20 heteroatoms. The molecular formula is C33H59N7O11S2. The van der Waals surface area contributed by atoms with Gasteiger partial charge in [0.25, 0.3) is 0 Å². The molecule has 0 unspecified atom stereocenters. The predicted molar refractivity (Wildman–Crippen MR) is 202 cm³/mol. The smallest absolute Gasteiger partial charge is 0.328 e. The summed E-state index contributed by atoms with van der Waals surface area (Å²) in [4.78, 5) is 102. The number of aliphatic hydroxyl groups is 1. The Balaban J connectivity index is 6.10. The molecular weight excluding hydrogens is 735 g/mol. The number of rotatable bonds is 26. The van der Waals surface area contributed by atoms with Crippen LogP contribution >= 0.6 is 23.5 Å². The van der Waals surface area contributed by atoms with Gasteiger partial charge in [-0.25, -0.2) is 4.79 Å². The molecule has 0 aliphatic heterocycles. The van der Waals surface area contributed by atoms with E-state index in [4.69, 9.17) is 5.73 Å². The molecule has 0 aromatic heterocycles. The molecule has 11 N–H and O–H groups in total. The SMILES string of the molecule is CSCC[C@H](NC(=O)[C@H](C)NC(=O)[C@@H](N)CC(C)C)C(=O)N[C@@H](CC(C)C)C(=O)N[C@@H](CCSC)C(=O)N[C@@H](CC(=O)O)C(=O)N[C@H](C(=O)O)[C@@H](C)O. The quantitative estimate of drug-likeness (QED) is 0.0492. The molecule has 0 saturated heterocycles. The Morgan fingerprint density at radius 3 is 1.40 bits per heavy atom. The van der Waals surface area contributed by atoms with Crippen molar-refractivity contribution in [1.29, 1.82) is 0 Å². The Kier molecular flexibility index (Phi) is 23.7. The normalized spacial score (nSPS) is 15.8. The predicted octanol–water partition coefficient (Wildman–Crippen LogP) is -1.22. The topological polar surface area (TPSA) is 295 Å². The number of hydrogen-bond donors (Lipinski definition) is 10. The van der Waals surface area contributed by atoms with E-state index in [-0.39, 0.29) is 31.1 Å². The molecule has 53 heavy (non-hydrogen) atoms. The minimum atomic E-state index is -1.79. The Hall–Kier alpha value is -3.62. The number of amides is 6. The number of carboxylic acid groups (broad SMARTS) is 2. The minimum Gasteiger partial charge on any atom is -0.481 e. The Labute approximate surface area is 319 Å². The van der Waals surface area contributed by atoms with Crippen LogP contribution in [-0.4, -0.2) is 135 Å². The summed E-state index contributed by atoms with van der Waals surface area (Å²) >= 11 is 2.76. The lowest BCUT2D eigenvalue weighted by Crippen LogP contribution is -2.60. The molecule has 18 nitrogen and oxygen atoms in total. The van der Waals surface area contributed by atoms with Gasteiger partial charge in [0.15, 0.2) is 6.04 Å². The Morgan fingerprint density at radius 1 is 0.566 bits per heavy atom. The summed E-state index contributed by atoms with van der Waals surface area (Å²) < 4.78 is 0. The van der Waals surface area contributed by atoms with Crippen LogP contribution in [0, 0.1) is 11.8 Å². The lowest BCUT2D eigenvalue weighted by molar-refractivity contribution is -0.146. The molecule has 0 aliphatic rings. The standard InChI is InChI=1S/C33H59N7O11S2/c1-16(2)13-20(34)28(45)35-18(5)27(44)36-21(9-11-52-7)29(46)38-23(14-17(3)4)31(48)37-22(10-12-53-8)30(47)39-24(15-25(42)43)32(49)40-26(19(6)41)33(50)51/h16-24,26,41H,9-15,34H2,1-8H3,(H,35,45)(H,36,44)(H,37,48)(H,38,46)(H,39,47)(H,40,49)(H,42,43)(H,50,51)/t18-,19+,20-,21-,22-,23-,24-,26-/m0/s1. The van der Waals surface area contributed by atoms with Gasteiger partial charge in [0, 0.05) is 0 Å². The first-order valence-corrected chi connectivity index (χ1v) is 20.1. The highest BCUT2D eigenvalue weighted by molar-refractivity contribution is 7.98. The van der Waals surface area contributed by atoms with Crippen LogP contribution in [0.15, 0.2) is 0 Å². The number of carbonyl (C=O) groups excluding carboxylic acids is 6. The average Bonchev–Trinajstić information content (AvgIpc) is 3.04. The molecule has 0 bridgehead atoms. The van der Waals surface area contributed by atoms with Gasteiger partial charge >= 0.3 is 11.9 Å². The van der Waals surface area contributed by atoms with Gasteiger partial charge in [0.2, 0.25) is 35.4 Å². The molecule has 0 spiro atoms. The number of thioether (sulfide) groups is 2. The van der Waals surface area contributed by atoms with E-state index in [0.717, 1.165) is 6.92 Å². The zero-order valence-corrected chi connectivity index (χ0v) is 33.4. The van der Waals surface area contributed by atoms with Crippen molar-refractivity contribution in [3.05, 3.63) is 0 Å². The van der Waals surface area contributed by atoms with Crippen molar-refractivity contribution in [2.45, 2.75) is 122 Å². The highest BCUT2D eigenvalue weighted by atomic mass is 32.2. The highest BCUT2D eigenvalue weighted by Crippen LogP contribution is 2.10. The number of aliphatic hydroxyl groups excluding tert-OH is 1. The van der Waals surface area contributed by atoms with E-state index in [9.17, 15) is 53.7 Å². The van der Waals surface area contributed by atoms with Gasteiger partial charge in [0.05, 0.1) is 18.6 Å². The van der Waals surface area contributed by atoms with E-state index in [2.05, 4.69) is 26.6 Å². The second-order valence-electron chi connectivity index (χ2n) is 13.6. The van der Waals surface area contributed by atoms with Crippen LogP contribution in [0.25, 0.3) is 0 Å². The van der Waals surface area contributed by atoms with Crippen LogP contribution in [0.3, 0.4) is 0 Å². The molecule has 0 heterocycles. The first kappa shape index (κ1) is 49.4. The van der Waals surface area contributed by atoms with Crippen LogP contribution in [0.5, 0.6) is 0 Å². The van der Waals surface area contributed by atoms with Crippen molar-refractivity contribution < 1.29 is 53.7 Å². The van der Waals surface area contributed by atoms with Crippen molar-refractivity contribution in [1.82, 2.24) is 31.9 Å². The van der Waals surface area contributed by atoms with Gasteiger partial charge in [-0.15, -0.1) is 0 Å². The van der Waals surface area contributed by atoms with Gasteiger partial charge < -0.3 is 53.0 Å². The van der Waals surface area contributed by atoms with Crippen LogP contribution in [0.4, 0.5) is 0 Å². The summed E-state index contributed by atoms with van der Waals surface area (Å²) in [6.07, 6.45) is 1.83. The fourth-order valence-electron chi connectivity index (χ4n) is 4.85. The van der Waals surface area contributed by atoms with Crippen molar-refractivity contribution in [3.8, 4) is 0 Å². The maximum absolute atomic E-state index is 13.7. The number of hydrogen-bond acceptors (Lipinski definition) is 12. The third kappa shape index (κ3) is 19.9. The summed E-state index contributed by atoms with van der Waals surface area (Å²) in [6, 6.07) is -8.99. The van der Waals surface area contributed by atoms with Crippen LogP contribution in [-0.2, 0) is 38.4 Å². The molecule has 0 aromatic carbocycles. The van der Waals surface area contributed by atoms with Crippen LogP contribution in [0.1, 0.15) is 73.6 Å². The lowest BCUT2D eigenvalue weighted by atomic mass is 10.0. The second kappa shape index (κ2) is 25.4. The lowest BCUT2D eigenvalue weighted by Gasteiger charge is -2.28. The molecule has 0 saturated carbocycles. The molecule has 0 fully saturated rings. The van der Waals surface area contributed by atoms with E-state index in [0.29, 0.717) is 17.9 Å². The number of aliphatic carboxylic acids is 2. The first-order valence-electron chi connectivity index (χ1n) is 17.3. The average molecular weight is 794 g/mol. The molecule has 0 radical (unpaired) electrons. The van der Waals surface area contributed by atoms with Gasteiger partial charge in [0.1, 0.15) is 30.2 Å². The maximum Gasteiger partial charge on any atom is 0.328 e. The zero-order valence-electron chi connectivity index (χ0n) is 31.7. The number of carboxylic acids is 2. The van der Waals surface area contributed by atoms with Crippen molar-refractivity contribution >= 4 is 70.9 Å². The number of carbonyl (C=O) groups is 8. The van der Waals surface area contributed by atoms with Gasteiger partial charge in [-0.05, 0) is 75.4 Å². The number of nitrogens with two attached hydrogens (primary N) is 1. The van der Waals surface area contributed by atoms with Crippen LogP contribution in [0.2, 0.25) is 0 Å². The third-order valence-corrected chi connectivity index (χ3v) is 8.99. The molecule has 0 rings (SSSR count). The molecule has 6 amide bonds.